The van der Waals surface area contributed by atoms with E-state index >= 15 is 0 Å². The van der Waals surface area contributed by atoms with Gasteiger partial charge in [0.15, 0.2) is 0 Å². The van der Waals surface area contributed by atoms with E-state index in [0.717, 1.165) is 5.56 Å². The van der Waals surface area contributed by atoms with Gasteiger partial charge >= 0.3 is 0 Å². The highest BCUT2D eigenvalue weighted by molar-refractivity contribution is 6.34. The van der Waals surface area contributed by atoms with Gasteiger partial charge in [-0.05, 0) is 48.7 Å². The van der Waals surface area contributed by atoms with Gasteiger partial charge < -0.3 is 9.80 Å². The van der Waals surface area contributed by atoms with E-state index in [-0.39, 0.29) is 17.6 Å². The first-order chi connectivity index (χ1) is 12.9. The third kappa shape index (κ3) is 4.03. The maximum absolute atomic E-state index is 13.0. The number of benzene rings is 2. The average Bonchev–Trinajstić information content (AvgIpc) is 3.03. The Labute approximate surface area is 162 Å². The van der Waals surface area contributed by atoms with E-state index in [2.05, 4.69) is 0 Å². The highest BCUT2D eigenvalue weighted by Gasteiger charge is 2.37. The summed E-state index contributed by atoms with van der Waals surface area (Å²) in [7, 11) is 1.62. The maximum atomic E-state index is 13.0. The van der Waals surface area contributed by atoms with E-state index in [1.807, 2.05) is 12.1 Å². The van der Waals surface area contributed by atoms with E-state index in [9.17, 15) is 14.0 Å². The molecular weight excluding hydrogens is 367 g/mol. The molecule has 140 valence electrons. The lowest BCUT2D eigenvalue weighted by Crippen LogP contribution is -2.42. The van der Waals surface area contributed by atoms with Crippen molar-refractivity contribution in [2.75, 3.05) is 18.5 Å². The summed E-state index contributed by atoms with van der Waals surface area (Å²) in [4.78, 5) is 28.5. The maximum Gasteiger partial charge on any atom is 0.249 e. The molecule has 0 saturated carbocycles. The average molecular weight is 387 g/mol. The summed E-state index contributed by atoms with van der Waals surface area (Å²) >= 11 is 6.20. The van der Waals surface area contributed by atoms with Gasteiger partial charge in [-0.15, -0.1) is 0 Å². The molecule has 2 amide bonds. The van der Waals surface area contributed by atoms with Gasteiger partial charge in [0.25, 0.3) is 0 Å². The van der Waals surface area contributed by atoms with Crippen molar-refractivity contribution in [3.8, 4) is 0 Å². The summed E-state index contributed by atoms with van der Waals surface area (Å²) in [6, 6.07) is 12.6. The third-order valence-corrected chi connectivity index (χ3v) is 5.09. The van der Waals surface area contributed by atoms with Gasteiger partial charge in [0, 0.05) is 19.7 Å². The van der Waals surface area contributed by atoms with Crippen molar-refractivity contribution in [1.29, 1.82) is 0 Å². The molecule has 0 aromatic heterocycles. The molecule has 1 unspecified atom stereocenters. The smallest absolute Gasteiger partial charge is 0.249 e. The predicted molar refractivity (Wildman–Crippen MR) is 105 cm³/mol. The molecule has 0 N–H and O–H groups in total. The number of amides is 2. The van der Waals surface area contributed by atoms with E-state index in [4.69, 9.17) is 11.6 Å². The Morgan fingerprint density at radius 3 is 2.56 bits per heavy atom. The SMILES string of the molecule is C/C(=C/C(=O)N(C)C1CCN(c2ccccc2Cl)C1=O)c1ccc(F)cc1. The molecule has 27 heavy (non-hydrogen) atoms. The number of likely N-dealkylation sites (N-methyl/N-ethyl adjacent to an activating group) is 1. The van der Waals surface area contributed by atoms with Crippen LogP contribution in [-0.4, -0.2) is 36.3 Å². The molecule has 1 aliphatic rings. The topological polar surface area (TPSA) is 40.6 Å². The number of hydrogen-bond acceptors (Lipinski definition) is 2. The molecule has 0 spiro atoms. The molecule has 4 nitrogen and oxygen atoms in total. The molecule has 2 aromatic rings. The lowest BCUT2D eigenvalue weighted by Gasteiger charge is -2.23. The second kappa shape index (κ2) is 7.92. The number of hydrogen-bond donors (Lipinski definition) is 0. The summed E-state index contributed by atoms with van der Waals surface area (Å²) in [5, 5.41) is 0.507. The summed E-state index contributed by atoms with van der Waals surface area (Å²) in [5.41, 5.74) is 2.12. The first-order valence-electron chi connectivity index (χ1n) is 8.65. The van der Waals surface area contributed by atoms with Crippen LogP contribution in [0.5, 0.6) is 0 Å². The minimum atomic E-state index is -0.536. The van der Waals surface area contributed by atoms with Gasteiger partial charge in [-0.25, -0.2) is 4.39 Å². The van der Waals surface area contributed by atoms with Gasteiger partial charge in [0.1, 0.15) is 11.9 Å². The highest BCUT2D eigenvalue weighted by atomic mass is 35.5. The van der Waals surface area contributed by atoms with E-state index in [0.29, 0.717) is 29.2 Å². The van der Waals surface area contributed by atoms with Crippen LogP contribution in [0.25, 0.3) is 5.57 Å². The molecule has 0 aliphatic carbocycles. The number of nitrogens with zero attached hydrogens (tertiary/aromatic N) is 2. The largest absolute Gasteiger partial charge is 0.330 e. The van der Waals surface area contributed by atoms with Gasteiger partial charge in [-0.2, -0.15) is 0 Å². The molecule has 2 aromatic carbocycles. The molecular formula is C21H20ClFN2O2. The molecule has 1 fully saturated rings. The van der Waals surface area contributed by atoms with Crippen LogP contribution in [0.3, 0.4) is 0 Å². The van der Waals surface area contributed by atoms with Crippen LogP contribution in [0.4, 0.5) is 10.1 Å². The number of carbonyl (C=O) groups is 2. The zero-order chi connectivity index (χ0) is 19.6. The number of rotatable bonds is 4. The van der Waals surface area contributed by atoms with Crippen LogP contribution < -0.4 is 4.90 Å². The fourth-order valence-electron chi connectivity index (χ4n) is 3.17. The third-order valence-electron chi connectivity index (χ3n) is 4.78. The Morgan fingerprint density at radius 1 is 1.22 bits per heavy atom. The molecule has 1 saturated heterocycles. The summed E-state index contributed by atoms with van der Waals surface area (Å²) in [5.74, 6) is -0.742. The standard InChI is InChI=1S/C21H20ClFN2O2/c1-14(15-7-9-16(23)10-8-15)13-20(26)24(2)19-11-12-25(21(19)27)18-6-4-3-5-17(18)22/h3-10,13,19H,11-12H2,1-2H3/b14-13-. The molecule has 6 heteroatoms. The highest BCUT2D eigenvalue weighted by Crippen LogP contribution is 2.30. The Morgan fingerprint density at radius 2 is 1.89 bits per heavy atom. The Kier molecular flexibility index (Phi) is 5.61. The van der Waals surface area contributed by atoms with Crippen LogP contribution in [0, 0.1) is 5.82 Å². The molecule has 0 radical (unpaired) electrons. The summed E-state index contributed by atoms with van der Waals surface area (Å²) in [6.45, 7) is 2.29. The second-order valence-electron chi connectivity index (χ2n) is 6.53. The van der Waals surface area contributed by atoms with Crippen LogP contribution in [-0.2, 0) is 9.59 Å². The number of anilines is 1. The van der Waals surface area contributed by atoms with Gasteiger partial charge in [-0.3, -0.25) is 9.59 Å². The molecule has 1 heterocycles. The quantitative estimate of drug-likeness (QED) is 0.741. The number of carbonyl (C=O) groups excluding carboxylic acids is 2. The lowest BCUT2D eigenvalue weighted by atomic mass is 10.1. The van der Waals surface area contributed by atoms with Gasteiger partial charge in [-0.1, -0.05) is 35.9 Å². The molecule has 3 rings (SSSR count). The number of para-hydroxylation sites is 1. The minimum absolute atomic E-state index is 0.146. The van der Waals surface area contributed by atoms with Crippen LogP contribution in [0.15, 0.2) is 54.6 Å². The second-order valence-corrected chi connectivity index (χ2v) is 6.94. The Balaban J connectivity index is 1.74. The Hall–Kier alpha value is -2.66. The first-order valence-corrected chi connectivity index (χ1v) is 9.03. The summed E-state index contributed by atoms with van der Waals surface area (Å²) in [6.07, 6.45) is 2.01. The Bertz CT molecular complexity index is 895. The van der Waals surface area contributed by atoms with Crippen LogP contribution in [0.1, 0.15) is 18.9 Å². The van der Waals surface area contributed by atoms with E-state index in [1.54, 1.807) is 43.1 Å². The summed E-state index contributed by atoms with van der Waals surface area (Å²) < 4.78 is 13.0. The lowest BCUT2D eigenvalue weighted by molar-refractivity contribution is -0.132. The van der Waals surface area contributed by atoms with Crippen molar-refractivity contribution in [2.45, 2.75) is 19.4 Å². The zero-order valence-electron chi connectivity index (χ0n) is 15.2. The van der Waals surface area contributed by atoms with Crippen molar-refractivity contribution in [3.05, 3.63) is 71.0 Å². The fourth-order valence-corrected chi connectivity index (χ4v) is 3.41. The zero-order valence-corrected chi connectivity index (χ0v) is 15.9. The van der Waals surface area contributed by atoms with Gasteiger partial charge in [0.2, 0.25) is 11.8 Å². The predicted octanol–water partition coefficient (Wildman–Crippen LogP) is 4.15. The number of halogens is 2. The van der Waals surface area contributed by atoms with Gasteiger partial charge in [0.05, 0.1) is 10.7 Å². The van der Waals surface area contributed by atoms with E-state index in [1.165, 1.54) is 23.1 Å². The molecule has 1 aliphatic heterocycles. The van der Waals surface area contributed by atoms with Crippen molar-refractivity contribution in [3.63, 3.8) is 0 Å². The molecule has 1 atom stereocenters. The van der Waals surface area contributed by atoms with Crippen LogP contribution >= 0.6 is 11.6 Å². The van der Waals surface area contributed by atoms with Crippen molar-refractivity contribution in [1.82, 2.24) is 4.90 Å². The van der Waals surface area contributed by atoms with Crippen molar-refractivity contribution in [2.24, 2.45) is 0 Å². The fraction of sp³-hybridized carbons (Fsp3) is 0.238. The molecule has 0 bridgehead atoms. The van der Waals surface area contributed by atoms with Crippen molar-refractivity contribution < 1.29 is 14.0 Å². The minimum Gasteiger partial charge on any atom is -0.330 e. The van der Waals surface area contributed by atoms with Crippen LogP contribution in [0.2, 0.25) is 5.02 Å². The first kappa shape index (κ1) is 19.1. The monoisotopic (exact) mass is 386 g/mol. The number of allylic oxidation sites excluding steroid dienone is 1. The van der Waals surface area contributed by atoms with Crippen molar-refractivity contribution >= 4 is 34.7 Å². The normalized spacial score (nSPS) is 17.3. The van der Waals surface area contributed by atoms with E-state index < -0.39 is 6.04 Å².